The average molecular weight is 500 g/mol. The molecule has 4 aromatic rings. The van der Waals surface area contributed by atoms with Crippen molar-refractivity contribution in [2.24, 2.45) is 14.1 Å². The van der Waals surface area contributed by atoms with E-state index in [1.165, 1.54) is 0 Å². The number of pyridine rings is 1. The standard InChI is InChI=1S/C25H23Cl2N3O4/c1-4-34-13-23(32)28-12-22(31)14-5-8-21-17(9-14)18-11-19(16-7-6-15(26)10-20(16)27)25(33)30(3)24(18)29(21)2/h5-11H,4,12-13H2,1-3H3,(H,28,32). The van der Waals surface area contributed by atoms with Gasteiger partial charge in [0.15, 0.2) is 5.78 Å². The molecule has 4 rings (SSSR count). The van der Waals surface area contributed by atoms with Crippen molar-refractivity contribution >= 4 is 56.8 Å². The second kappa shape index (κ2) is 9.62. The lowest BCUT2D eigenvalue weighted by atomic mass is 10.0. The molecule has 0 unspecified atom stereocenters. The fourth-order valence-corrected chi connectivity index (χ4v) is 4.60. The summed E-state index contributed by atoms with van der Waals surface area (Å²) in [6, 6.07) is 12.1. The van der Waals surface area contributed by atoms with E-state index in [-0.39, 0.29) is 30.4 Å². The summed E-state index contributed by atoms with van der Waals surface area (Å²) in [7, 11) is 3.57. The number of hydrogen-bond acceptors (Lipinski definition) is 4. The normalized spacial score (nSPS) is 11.3. The van der Waals surface area contributed by atoms with E-state index < -0.39 is 0 Å². The summed E-state index contributed by atoms with van der Waals surface area (Å²) in [6.45, 7) is 1.99. The number of nitrogens with one attached hydrogen (secondary N) is 1. The third kappa shape index (κ3) is 4.34. The largest absolute Gasteiger partial charge is 0.372 e. The van der Waals surface area contributed by atoms with E-state index in [9.17, 15) is 14.4 Å². The lowest BCUT2D eigenvalue weighted by Crippen LogP contribution is -2.32. The number of carbonyl (C=O) groups excluding carboxylic acids is 2. The molecule has 0 spiro atoms. The Labute approximate surface area is 205 Å². The van der Waals surface area contributed by atoms with Gasteiger partial charge in [-0.3, -0.25) is 19.0 Å². The van der Waals surface area contributed by atoms with Gasteiger partial charge in [-0.25, -0.2) is 0 Å². The Kier molecular flexibility index (Phi) is 6.79. The number of aromatic nitrogens is 2. The van der Waals surface area contributed by atoms with Crippen LogP contribution in [0, 0.1) is 0 Å². The van der Waals surface area contributed by atoms with Gasteiger partial charge in [-0.05, 0) is 43.3 Å². The van der Waals surface area contributed by atoms with E-state index in [4.69, 9.17) is 27.9 Å². The fourth-order valence-electron chi connectivity index (χ4n) is 4.09. The van der Waals surface area contributed by atoms with Crippen molar-refractivity contribution in [3.63, 3.8) is 0 Å². The maximum Gasteiger partial charge on any atom is 0.259 e. The minimum Gasteiger partial charge on any atom is -0.372 e. The van der Waals surface area contributed by atoms with Gasteiger partial charge in [-0.2, -0.15) is 0 Å². The minimum atomic E-state index is -0.346. The van der Waals surface area contributed by atoms with Gasteiger partial charge in [-0.1, -0.05) is 29.3 Å². The predicted octanol–water partition coefficient (Wildman–Crippen LogP) is 4.34. The number of rotatable bonds is 7. The third-order valence-electron chi connectivity index (χ3n) is 5.77. The van der Waals surface area contributed by atoms with Crippen LogP contribution in [-0.4, -0.2) is 40.6 Å². The van der Waals surface area contributed by atoms with E-state index in [1.807, 2.05) is 17.7 Å². The Morgan fingerprint density at radius 3 is 2.44 bits per heavy atom. The molecule has 7 nitrogen and oxygen atoms in total. The Morgan fingerprint density at radius 2 is 1.74 bits per heavy atom. The van der Waals surface area contributed by atoms with Crippen molar-refractivity contribution in [3.05, 3.63) is 68.4 Å². The van der Waals surface area contributed by atoms with Gasteiger partial charge < -0.3 is 14.6 Å². The van der Waals surface area contributed by atoms with Gasteiger partial charge in [0, 0.05) is 53.2 Å². The second-order valence-electron chi connectivity index (χ2n) is 7.91. The number of hydrogen-bond donors (Lipinski definition) is 1. The van der Waals surface area contributed by atoms with Crippen LogP contribution < -0.4 is 10.9 Å². The molecule has 0 aliphatic heterocycles. The molecule has 2 aromatic heterocycles. The zero-order chi connectivity index (χ0) is 24.6. The van der Waals surface area contributed by atoms with E-state index >= 15 is 0 Å². The van der Waals surface area contributed by atoms with Crippen LogP contribution in [0.2, 0.25) is 10.0 Å². The number of Topliss-reactive ketones (excluding diaryl/α,β-unsaturated/α-hetero) is 1. The zero-order valence-corrected chi connectivity index (χ0v) is 20.5. The van der Waals surface area contributed by atoms with E-state index in [1.54, 1.807) is 54.9 Å². The molecule has 1 amide bonds. The van der Waals surface area contributed by atoms with Crippen LogP contribution in [0.5, 0.6) is 0 Å². The molecule has 9 heteroatoms. The van der Waals surface area contributed by atoms with Gasteiger partial charge in [0.25, 0.3) is 5.56 Å². The van der Waals surface area contributed by atoms with E-state index in [0.717, 1.165) is 16.3 Å². The topological polar surface area (TPSA) is 82.3 Å². The fraction of sp³-hybridized carbons (Fsp3) is 0.240. The first-order chi connectivity index (χ1) is 16.2. The van der Waals surface area contributed by atoms with Crippen LogP contribution >= 0.6 is 23.2 Å². The predicted molar refractivity (Wildman–Crippen MR) is 135 cm³/mol. The van der Waals surface area contributed by atoms with Crippen LogP contribution in [0.1, 0.15) is 17.3 Å². The highest BCUT2D eigenvalue weighted by molar-refractivity contribution is 6.36. The van der Waals surface area contributed by atoms with E-state index in [2.05, 4.69) is 5.32 Å². The molecule has 0 aliphatic carbocycles. The Morgan fingerprint density at radius 1 is 0.971 bits per heavy atom. The summed E-state index contributed by atoms with van der Waals surface area (Å²) in [4.78, 5) is 37.7. The van der Waals surface area contributed by atoms with Gasteiger partial charge in [0.1, 0.15) is 12.3 Å². The number of amides is 1. The molecule has 0 aliphatic rings. The van der Waals surface area contributed by atoms with Gasteiger partial charge in [0.2, 0.25) is 5.91 Å². The number of ether oxygens (including phenoxy) is 1. The van der Waals surface area contributed by atoms with Gasteiger partial charge in [0.05, 0.1) is 17.1 Å². The van der Waals surface area contributed by atoms with Crippen LogP contribution in [-0.2, 0) is 23.6 Å². The first-order valence-corrected chi connectivity index (χ1v) is 11.4. The summed E-state index contributed by atoms with van der Waals surface area (Å²) in [6.07, 6.45) is 0. The lowest BCUT2D eigenvalue weighted by Gasteiger charge is -2.09. The van der Waals surface area contributed by atoms with Crippen LogP contribution in [0.3, 0.4) is 0 Å². The summed E-state index contributed by atoms with van der Waals surface area (Å²) in [5.41, 5.74) is 2.84. The average Bonchev–Trinajstić information content (AvgIpc) is 3.10. The SMILES string of the molecule is CCOCC(=O)NCC(=O)c1ccc2c(c1)c1cc(-c3ccc(Cl)cc3Cl)c(=O)n(C)c1n2C. The molecule has 0 fully saturated rings. The second-order valence-corrected chi connectivity index (χ2v) is 8.76. The Balaban J connectivity index is 1.81. The van der Waals surface area contributed by atoms with Crippen molar-refractivity contribution in [1.29, 1.82) is 0 Å². The summed E-state index contributed by atoms with van der Waals surface area (Å²) < 4.78 is 8.54. The van der Waals surface area contributed by atoms with Crippen LogP contribution in [0.4, 0.5) is 0 Å². The summed E-state index contributed by atoms with van der Waals surface area (Å²) in [5.74, 6) is -0.574. The van der Waals surface area contributed by atoms with E-state index in [0.29, 0.717) is 39.0 Å². The zero-order valence-electron chi connectivity index (χ0n) is 18.9. The maximum absolute atomic E-state index is 13.2. The number of ketones is 1. The molecule has 0 atom stereocenters. The first-order valence-electron chi connectivity index (χ1n) is 10.7. The molecule has 34 heavy (non-hydrogen) atoms. The number of fused-ring (bicyclic) bond motifs is 3. The molecule has 0 bridgehead atoms. The smallest absolute Gasteiger partial charge is 0.259 e. The number of aryl methyl sites for hydroxylation is 2. The van der Waals surface area contributed by atoms with Crippen molar-refractivity contribution < 1.29 is 14.3 Å². The highest BCUT2D eigenvalue weighted by atomic mass is 35.5. The summed E-state index contributed by atoms with van der Waals surface area (Å²) in [5, 5.41) is 5.04. The molecule has 1 N–H and O–H groups in total. The molecule has 2 aromatic carbocycles. The molecule has 0 saturated heterocycles. The van der Waals surface area contributed by atoms with Crippen LogP contribution in [0.25, 0.3) is 33.1 Å². The quantitative estimate of drug-likeness (QED) is 0.383. The molecule has 176 valence electrons. The Bertz CT molecular complexity index is 1500. The van der Waals surface area contributed by atoms with Crippen molar-refractivity contribution in [2.75, 3.05) is 19.8 Å². The third-order valence-corrected chi connectivity index (χ3v) is 6.32. The highest BCUT2D eigenvalue weighted by Crippen LogP contribution is 2.33. The van der Waals surface area contributed by atoms with Gasteiger partial charge in [-0.15, -0.1) is 0 Å². The van der Waals surface area contributed by atoms with Gasteiger partial charge >= 0.3 is 0 Å². The Hall–Kier alpha value is -3.13. The van der Waals surface area contributed by atoms with Crippen molar-refractivity contribution in [3.8, 4) is 11.1 Å². The first kappa shape index (κ1) is 24.0. The number of carbonyl (C=O) groups is 2. The van der Waals surface area contributed by atoms with Crippen molar-refractivity contribution in [2.45, 2.75) is 6.92 Å². The molecular formula is C25H23Cl2N3O4. The highest BCUT2D eigenvalue weighted by Gasteiger charge is 2.19. The number of nitrogens with zero attached hydrogens (tertiary/aromatic N) is 2. The van der Waals surface area contributed by atoms with Crippen molar-refractivity contribution in [1.82, 2.24) is 14.5 Å². The number of benzene rings is 2. The molecule has 0 saturated carbocycles. The summed E-state index contributed by atoms with van der Waals surface area (Å²) >= 11 is 12.4. The minimum absolute atomic E-state index is 0.0871. The molecule has 2 heterocycles. The lowest BCUT2D eigenvalue weighted by molar-refractivity contribution is -0.125. The monoisotopic (exact) mass is 499 g/mol. The molecule has 0 radical (unpaired) electrons. The van der Waals surface area contributed by atoms with Crippen LogP contribution in [0.15, 0.2) is 47.3 Å². The maximum atomic E-state index is 13.2. The molecular weight excluding hydrogens is 477 g/mol. The number of halogens is 2.